The minimum absolute atomic E-state index is 0.264. The Hall–Kier alpha value is -0.300. The molecule has 1 rings (SSSR count). The summed E-state index contributed by atoms with van der Waals surface area (Å²) >= 11 is 0. The van der Waals surface area contributed by atoms with Gasteiger partial charge < -0.3 is 4.74 Å². The molecule has 0 aromatic rings. The van der Waals surface area contributed by atoms with Crippen LogP contribution in [0, 0.1) is 5.41 Å². The van der Waals surface area contributed by atoms with Crippen molar-refractivity contribution < 1.29 is 4.74 Å². The molecule has 0 saturated carbocycles. The predicted molar refractivity (Wildman–Crippen MR) is 52.2 cm³/mol. The molecular formula is C11H20O. The molecule has 0 spiro atoms. The van der Waals surface area contributed by atoms with Crippen molar-refractivity contribution in [3.05, 3.63) is 11.6 Å². The van der Waals surface area contributed by atoms with E-state index in [0.717, 1.165) is 19.4 Å². The van der Waals surface area contributed by atoms with Crippen LogP contribution in [0.15, 0.2) is 11.6 Å². The Balaban J connectivity index is 2.77. The molecule has 1 unspecified atom stereocenters. The van der Waals surface area contributed by atoms with Crippen LogP contribution in [0.1, 0.15) is 40.5 Å². The van der Waals surface area contributed by atoms with Gasteiger partial charge in [0.15, 0.2) is 0 Å². The molecule has 1 heterocycles. The molecule has 0 N–H and O–H groups in total. The highest BCUT2D eigenvalue weighted by molar-refractivity contribution is 5.16. The number of hydrogen-bond acceptors (Lipinski definition) is 1. The molecule has 70 valence electrons. The van der Waals surface area contributed by atoms with Gasteiger partial charge in [0.25, 0.3) is 0 Å². The Labute approximate surface area is 75.8 Å². The molecule has 1 nitrogen and oxygen atoms in total. The summed E-state index contributed by atoms with van der Waals surface area (Å²) in [7, 11) is 0. The van der Waals surface area contributed by atoms with Gasteiger partial charge in [0.2, 0.25) is 0 Å². The van der Waals surface area contributed by atoms with Crippen LogP contribution in [0.25, 0.3) is 0 Å². The largest absolute Gasteiger partial charge is 0.373 e. The average molecular weight is 168 g/mol. The Bertz CT molecular complexity index is 179. The summed E-state index contributed by atoms with van der Waals surface area (Å²) in [6, 6.07) is 0. The van der Waals surface area contributed by atoms with Crippen LogP contribution in [0.5, 0.6) is 0 Å². The first-order valence-electron chi connectivity index (χ1n) is 4.93. The highest BCUT2D eigenvalue weighted by Gasteiger charge is 2.28. The number of hydrogen-bond donors (Lipinski definition) is 0. The van der Waals surface area contributed by atoms with Crippen molar-refractivity contribution >= 4 is 0 Å². The van der Waals surface area contributed by atoms with Crippen LogP contribution in [-0.4, -0.2) is 12.7 Å². The van der Waals surface area contributed by atoms with Gasteiger partial charge in [-0.25, -0.2) is 0 Å². The maximum Gasteiger partial charge on any atom is 0.0756 e. The molecule has 0 bridgehead atoms. The molecule has 0 fully saturated rings. The van der Waals surface area contributed by atoms with Crippen molar-refractivity contribution in [2.24, 2.45) is 5.41 Å². The third-order valence-corrected chi connectivity index (χ3v) is 2.70. The van der Waals surface area contributed by atoms with Gasteiger partial charge >= 0.3 is 0 Å². The lowest BCUT2D eigenvalue weighted by Gasteiger charge is -2.34. The summed E-state index contributed by atoms with van der Waals surface area (Å²) in [6.45, 7) is 9.80. The smallest absolute Gasteiger partial charge is 0.0756 e. The second-order valence-electron chi connectivity index (χ2n) is 4.19. The Morgan fingerprint density at radius 2 is 2.17 bits per heavy atom. The zero-order valence-electron chi connectivity index (χ0n) is 8.68. The van der Waals surface area contributed by atoms with E-state index in [0.29, 0.717) is 6.10 Å². The maximum atomic E-state index is 5.70. The van der Waals surface area contributed by atoms with Gasteiger partial charge in [-0.05, 0) is 12.8 Å². The molecule has 0 saturated heterocycles. The SMILES string of the molecule is CCC1=CC(CC)OCC1(C)C. The van der Waals surface area contributed by atoms with Gasteiger partial charge in [0.05, 0.1) is 12.7 Å². The Morgan fingerprint density at radius 1 is 1.50 bits per heavy atom. The van der Waals surface area contributed by atoms with Gasteiger partial charge in [-0.15, -0.1) is 0 Å². The normalized spacial score (nSPS) is 28.3. The second kappa shape index (κ2) is 3.61. The molecule has 1 aliphatic rings. The van der Waals surface area contributed by atoms with Crippen LogP contribution in [0.4, 0.5) is 0 Å². The fraction of sp³-hybridized carbons (Fsp3) is 0.818. The summed E-state index contributed by atoms with van der Waals surface area (Å²) in [4.78, 5) is 0. The van der Waals surface area contributed by atoms with Crippen molar-refractivity contribution in [2.75, 3.05) is 6.61 Å². The van der Waals surface area contributed by atoms with E-state index in [1.807, 2.05) is 0 Å². The van der Waals surface area contributed by atoms with E-state index in [1.54, 1.807) is 5.57 Å². The lowest BCUT2D eigenvalue weighted by Crippen LogP contribution is -2.30. The first-order valence-corrected chi connectivity index (χ1v) is 4.93. The van der Waals surface area contributed by atoms with E-state index in [-0.39, 0.29) is 5.41 Å². The van der Waals surface area contributed by atoms with Gasteiger partial charge in [-0.2, -0.15) is 0 Å². The number of ether oxygens (including phenoxy) is 1. The van der Waals surface area contributed by atoms with Crippen LogP contribution in [0.2, 0.25) is 0 Å². The van der Waals surface area contributed by atoms with Crippen molar-refractivity contribution in [3.8, 4) is 0 Å². The van der Waals surface area contributed by atoms with Crippen molar-refractivity contribution in [3.63, 3.8) is 0 Å². The minimum atomic E-state index is 0.264. The van der Waals surface area contributed by atoms with E-state index >= 15 is 0 Å². The molecule has 0 aromatic carbocycles. The second-order valence-corrected chi connectivity index (χ2v) is 4.19. The predicted octanol–water partition coefficient (Wildman–Crippen LogP) is 3.16. The van der Waals surface area contributed by atoms with Crippen molar-refractivity contribution in [1.29, 1.82) is 0 Å². The van der Waals surface area contributed by atoms with Crippen LogP contribution in [0.3, 0.4) is 0 Å². The summed E-state index contributed by atoms with van der Waals surface area (Å²) in [5.41, 5.74) is 1.82. The molecule has 12 heavy (non-hydrogen) atoms. The van der Waals surface area contributed by atoms with Crippen molar-refractivity contribution in [2.45, 2.75) is 46.6 Å². The highest BCUT2D eigenvalue weighted by Crippen LogP contribution is 2.33. The monoisotopic (exact) mass is 168 g/mol. The Morgan fingerprint density at radius 3 is 2.67 bits per heavy atom. The zero-order valence-corrected chi connectivity index (χ0v) is 8.68. The van der Waals surface area contributed by atoms with E-state index in [4.69, 9.17) is 4.74 Å². The third kappa shape index (κ3) is 1.89. The van der Waals surface area contributed by atoms with Crippen LogP contribution >= 0.6 is 0 Å². The van der Waals surface area contributed by atoms with Gasteiger partial charge in [-0.1, -0.05) is 39.3 Å². The first kappa shape index (κ1) is 9.79. The fourth-order valence-electron chi connectivity index (χ4n) is 1.74. The van der Waals surface area contributed by atoms with E-state index in [9.17, 15) is 0 Å². The molecule has 0 amide bonds. The average Bonchev–Trinajstić information content (AvgIpc) is 2.04. The Kier molecular flexibility index (Phi) is 2.94. The molecule has 1 aliphatic heterocycles. The third-order valence-electron chi connectivity index (χ3n) is 2.70. The summed E-state index contributed by atoms with van der Waals surface area (Å²) in [5, 5.41) is 0. The lowest BCUT2D eigenvalue weighted by molar-refractivity contribution is 0.0204. The standard InChI is InChI=1S/C11H20O/c1-5-9-7-10(6-2)12-8-11(9,3)4/h7,10H,5-6,8H2,1-4H3. The minimum Gasteiger partial charge on any atom is -0.373 e. The first-order chi connectivity index (χ1) is 5.60. The number of rotatable bonds is 2. The van der Waals surface area contributed by atoms with Gasteiger partial charge in [0.1, 0.15) is 0 Å². The van der Waals surface area contributed by atoms with Gasteiger partial charge in [0, 0.05) is 5.41 Å². The topological polar surface area (TPSA) is 9.23 Å². The van der Waals surface area contributed by atoms with Crippen LogP contribution in [-0.2, 0) is 4.74 Å². The zero-order chi connectivity index (χ0) is 9.19. The lowest BCUT2D eigenvalue weighted by atomic mass is 9.81. The summed E-state index contributed by atoms with van der Waals surface area (Å²) in [6.07, 6.45) is 4.93. The highest BCUT2D eigenvalue weighted by atomic mass is 16.5. The molecule has 0 aromatic heterocycles. The summed E-state index contributed by atoms with van der Waals surface area (Å²) in [5.74, 6) is 0. The van der Waals surface area contributed by atoms with Crippen LogP contribution < -0.4 is 0 Å². The molecule has 0 aliphatic carbocycles. The van der Waals surface area contributed by atoms with Crippen molar-refractivity contribution in [1.82, 2.24) is 0 Å². The summed E-state index contributed by atoms with van der Waals surface area (Å²) < 4.78 is 5.70. The van der Waals surface area contributed by atoms with Gasteiger partial charge in [-0.3, -0.25) is 0 Å². The fourth-order valence-corrected chi connectivity index (χ4v) is 1.74. The molecule has 0 radical (unpaired) electrons. The quantitative estimate of drug-likeness (QED) is 0.575. The van der Waals surface area contributed by atoms with E-state index < -0.39 is 0 Å². The molecule has 1 atom stereocenters. The molecule has 1 heteroatoms. The molecular weight excluding hydrogens is 148 g/mol. The maximum absolute atomic E-state index is 5.70. The van der Waals surface area contributed by atoms with E-state index in [2.05, 4.69) is 33.8 Å². The van der Waals surface area contributed by atoms with E-state index in [1.165, 1.54) is 0 Å².